The highest BCUT2D eigenvalue weighted by Gasteiger charge is 2.10. The minimum absolute atomic E-state index is 0.120. The molecule has 0 amide bonds. The van der Waals surface area contributed by atoms with Crippen molar-refractivity contribution >= 4 is 0 Å². The molecule has 5 heteroatoms. The lowest BCUT2D eigenvalue weighted by molar-refractivity contribution is 0.587. The molecule has 0 bridgehead atoms. The minimum Gasteiger partial charge on any atom is -0.321 e. The lowest BCUT2D eigenvalue weighted by Gasteiger charge is -2.10. The molecule has 0 aliphatic carbocycles. The van der Waals surface area contributed by atoms with Crippen molar-refractivity contribution in [1.82, 2.24) is 19.7 Å². The second kappa shape index (κ2) is 5.05. The van der Waals surface area contributed by atoms with Crippen LogP contribution in [0.4, 0.5) is 0 Å². The van der Waals surface area contributed by atoms with Crippen molar-refractivity contribution in [2.24, 2.45) is 12.8 Å². The summed E-state index contributed by atoms with van der Waals surface area (Å²) in [6, 6.07) is 1.88. The van der Waals surface area contributed by atoms with Crippen LogP contribution in [-0.4, -0.2) is 19.7 Å². The third-order valence-corrected chi connectivity index (χ3v) is 2.77. The quantitative estimate of drug-likeness (QED) is 0.857. The smallest absolute Gasteiger partial charge is 0.144 e. The van der Waals surface area contributed by atoms with Gasteiger partial charge in [-0.1, -0.05) is 0 Å². The molecular weight excluding hydrogens is 214 g/mol. The third-order valence-electron chi connectivity index (χ3n) is 2.77. The van der Waals surface area contributed by atoms with Crippen LogP contribution in [0.2, 0.25) is 0 Å². The molecular formula is C12H17N5. The van der Waals surface area contributed by atoms with Crippen molar-refractivity contribution in [2.75, 3.05) is 0 Å². The summed E-state index contributed by atoms with van der Waals surface area (Å²) >= 11 is 0. The summed E-state index contributed by atoms with van der Waals surface area (Å²) in [5.74, 6) is 0.706. The topological polar surface area (TPSA) is 69.6 Å². The van der Waals surface area contributed by atoms with Gasteiger partial charge in [0.25, 0.3) is 0 Å². The lowest BCUT2D eigenvalue weighted by atomic mass is 10.1. The number of aromatic nitrogens is 4. The predicted molar refractivity (Wildman–Crippen MR) is 65.2 cm³/mol. The summed E-state index contributed by atoms with van der Waals surface area (Å²) in [5, 5.41) is 4.12. The van der Waals surface area contributed by atoms with E-state index in [9.17, 15) is 0 Å². The van der Waals surface area contributed by atoms with Gasteiger partial charge >= 0.3 is 0 Å². The molecule has 2 aromatic rings. The average molecular weight is 231 g/mol. The van der Waals surface area contributed by atoms with E-state index >= 15 is 0 Å². The van der Waals surface area contributed by atoms with Gasteiger partial charge in [-0.05, 0) is 31.4 Å². The van der Waals surface area contributed by atoms with E-state index in [1.54, 1.807) is 18.6 Å². The molecule has 2 aromatic heterocycles. The summed E-state index contributed by atoms with van der Waals surface area (Å²) in [4.78, 5) is 8.48. The Kier molecular flexibility index (Phi) is 3.49. The second-order valence-corrected chi connectivity index (χ2v) is 4.21. The average Bonchev–Trinajstić information content (AvgIpc) is 2.73. The van der Waals surface area contributed by atoms with E-state index in [0.717, 1.165) is 18.4 Å². The van der Waals surface area contributed by atoms with Gasteiger partial charge in [-0.25, -0.2) is 9.97 Å². The molecule has 2 N–H and O–H groups in total. The molecule has 0 radical (unpaired) electrons. The maximum absolute atomic E-state index is 6.06. The van der Waals surface area contributed by atoms with Gasteiger partial charge in [-0.3, -0.25) is 4.68 Å². The number of nitrogens with zero attached hydrogens (tertiary/aromatic N) is 4. The Balaban J connectivity index is 1.95. The van der Waals surface area contributed by atoms with E-state index in [4.69, 9.17) is 5.73 Å². The van der Waals surface area contributed by atoms with Crippen LogP contribution in [-0.2, 0) is 13.5 Å². The van der Waals surface area contributed by atoms with Crippen LogP contribution < -0.4 is 5.73 Å². The second-order valence-electron chi connectivity index (χ2n) is 4.21. The zero-order valence-corrected chi connectivity index (χ0v) is 10.2. The van der Waals surface area contributed by atoms with E-state index in [0.29, 0.717) is 5.82 Å². The van der Waals surface area contributed by atoms with Gasteiger partial charge in [0.1, 0.15) is 5.82 Å². The zero-order chi connectivity index (χ0) is 12.3. The first-order valence-electron chi connectivity index (χ1n) is 5.68. The molecule has 0 saturated carbocycles. The fourth-order valence-corrected chi connectivity index (χ4v) is 1.67. The number of aryl methyl sites for hydroxylation is 3. The van der Waals surface area contributed by atoms with Crippen LogP contribution in [0.5, 0.6) is 0 Å². The molecule has 1 atom stereocenters. The Bertz CT molecular complexity index is 474. The summed E-state index contributed by atoms with van der Waals surface area (Å²) in [6.07, 6.45) is 7.10. The highest BCUT2D eigenvalue weighted by molar-refractivity contribution is 5.06. The van der Waals surface area contributed by atoms with Crippen LogP contribution in [0.1, 0.15) is 29.5 Å². The van der Waals surface area contributed by atoms with Crippen molar-refractivity contribution in [2.45, 2.75) is 25.8 Å². The van der Waals surface area contributed by atoms with Gasteiger partial charge in [0.15, 0.2) is 0 Å². The molecule has 0 aliphatic rings. The fourth-order valence-electron chi connectivity index (χ4n) is 1.67. The highest BCUT2D eigenvalue weighted by atomic mass is 15.2. The van der Waals surface area contributed by atoms with Crippen LogP contribution in [0.15, 0.2) is 24.7 Å². The molecule has 0 fully saturated rings. The largest absolute Gasteiger partial charge is 0.321 e. The number of hydrogen-bond acceptors (Lipinski definition) is 4. The molecule has 0 aromatic carbocycles. The van der Waals surface area contributed by atoms with Gasteiger partial charge in [0.2, 0.25) is 0 Å². The highest BCUT2D eigenvalue weighted by Crippen LogP contribution is 2.12. The number of nitrogens with two attached hydrogens (primary N) is 1. The maximum atomic E-state index is 6.06. The molecule has 90 valence electrons. The number of hydrogen-bond donors (Lipinski definition) is 1. The van der Waals surface area contributed by atoms with E-state index in [2.05, 4.69) is 15.1 Å². The van der Waals surface area contributed by atoms with Gasteiger partial charge in [-0.2, -0.15) is 5.10 Å². The first-order chi connectivity index (χ1) is 8.16. The predicted octanol–water partition coefficient (Wildman–Crippen LogP) is 1.15. The summed E-state index contributed by atoms with van der Waals surface area (Å²) in [7, 11) is 1.93. The Morgan fingerprint density at radius 1 is 1.35 bits per heavy atom. The molecule has 5 nitrogen and oxygen atoms in total. The van der Waals surface area contributed by atoms with Crippen LogP contribution in [0, 0.1) is 6.92 Å². The Hall–Kier alpha value is -1.75. The van der Waals surface area contributed by atoms with E-state index in [1.165, 1.54) is 5.69 Å². The van der Waals surface area contributed by atoms with Gasteiger partial charge < -0.3 is 5.73 Å². The van der Waals surface area contributed by atoms with E-state index in [-0.39, 0.29) is 6.04 Å². The van der Waals surface area contributed by atoms with E-state index in [1.807, 2.05) is 24.7 Å². The first-order valence-corrected chi connectivity index (χ1v) is 5.68. The van der Waals surface area contributed by atoms with Gasteiger partial charge in [0, 0.05) is 31.3 Å². The molecule has 1 unspecified atom stereocenters. The SMILES string of the molecule is Cc1cnc(C(N)CCc2ccnn2C)nc1. The third kappa shape index (κ3) is 2.88. The minimum atomic E-state index is -0.120. The monoisotopic (exact) mass is 231 g/mol. The van der Waals surface area contributed by atoms with Crippen LogP contribution in [0.25, 0.3) is 0 Å². The Morgan fingerprint density at radius 3 is 2.65 bits per heavy atom. The van der Waals surface area contributed by atoms with Crippen LogP contribution >= 0.6 is 0 Å². The number of rotatable bonds is 4. The molecule has 2 rings (SSSR count). The van der Waals surface area contributed by atoms with Crippen molar-refractivity contribution in [3.8, 4) is 0 Å². The fraction of sp³-hybridized carbons (Fsp3) is 0.417. The maximum Gasteiger partial charge on any atom is 0.144 e. The lowest BCUT2D eigenvalue weighted by Crippen LogP contribution is -2.15. The summed E-state index contributed by atoms with van der Waals surface area (Å²) in [5.41, 5.74) is 8.28. The summed E-state index contributed by atoms with van der Waals surface area (Å²) in [6.45, 7) is 1.96. The van der Waals surface area contributed by atoms with Gasteiger partial charge in [0.05, 0.1) is 6.04 Å². The molecule has 0 saturated heterocycles. The standard InChI is InChI=1S/C12H17N5/c1-9-7-14-12(15-8-9)11(13)4-3-10-5-6-16-17(10)2/h5-8,11H,3-4,13H2,1-2H3. The van der Waals surface area contributed by atoms with E-state index < -0.39 is 0 Å². The van der Waals surface area contributed by atoms with Crippen molar-refractivity contribution in [3.63, 3.8) is 0 Å². The first kappa shape index (κ1) is 11.7. The summed E-state index contributed by atoms with van der Waals surface area (Å²) < 4.78 is 1.86. The Labute approximate surface area is 101 Å². The molecule has 0 spiro atoms. The molecule has 0 aliphatic heterocycles. The normalized spacial score (nSPS) is 12.6. The van der Waals surface area contributed by atoms with Crippen molar-refractivity contribution < 1.29 is 0 Å². The van der Waals surface area contributed by atoms with Crippen LogP contribution in [0.3, 0.4) is 0 Å². The molecule has 2 heterocycles. The molecule has 17 heavy (non-hydrogen) atoms. The zero-order valence-electron chi connectivity index (χ0n) is 10.2. The van der Waals surface area contributed by atoms with Crippen molar-refractivity contribution in [1.29, 1.82) is 0 Å². The Morgan fingerprint density at radius 2 is 2.06 bits per heavy atom. The van der Waals surface area contributed by atoms with Crippen molar-refractivity contribution in [3.05, 3.63) is 41.7 Å². The van der Waals surface area contributed by atoms with Gasteiger partial charge in [-0.15, -0.1) is 0 Å².